The number of anilines is 3. The third-order valence-electron chi connectivity index (χ3n) is 5.91. The summed E-state index contributed by atoms with van der Waals surface area (Å²) in [5.41, 5.74) is 1.48. The topological polar surface area (TPSA) is 107 Å². The Bertz CT molecular complexity index is 1030. The molecule has 30 heavy (non-hydrogen) atoms. The van der Waals surface area contributed by atoms with Crippen molar-refractivity contribution in [3.05, 3.63) is 45.7 Å². The van der Waals surface area contributed by atoms with Gasteiger partial charge in [-0.25, -0.2) is 0 Å². The molecule has 2 aliphatic heterocycles. The van der Waals surface area contributed by atoms with E-state index in [4.69, 9.17) is 0 Å². The van der Waals surface area contributed by atoms with Crippen LogP contribution in [0.25, 0.3) is 0 Å². The number of fused-ring (bicyclic) bond motifs is 1. The smallest absolute Gasteiger partial charge is 0.258 e. The molecule has 0 spiro atoms. The minimum Gasteiger partial charge on any atom is -0.339 e. The molecule has 3 N–H and O–H groups in total. The number of aryl methyl sites for hydroxylation is 1. The van der Waals surface area contributed by atoms with Crippen LogP contribution in [0.15, 0.2) is 29.1 Å². The molecule has 2 atom stereocenters. The minimum absolute atomic E-state index is 0.0872. The molecule has 1 saturated heterocycles. The number of aromatic amines is 1. The van der Waals surface area contributed by atoms with Crippen LogP contribution in [0, 0.1) is 6.92 Å². The van der Waals surface area contributed by atoms with E-state index in [9.17, 15) is 14.4 Å². The number of aromatic nitrogens is 2. The largest absolute Gasteiger partial charge is 0.339 e. The standard InChI is InChI=1S/C22H27N5O3/c1-3-15-9-4-5-10-27(15)22-25-19-18(21(30)26-22)16(12-17(28)24-19)20(29)23-14-8-6-7-13(2)11-14/h6-8,11,15-16H,3-5,9-10,12H2,1-2H3,(H,23,29)(H2,24,25,26,28,30)/t15-,16+/m1/s1. The number of amides is 2. The van der Waals surface area contributed by atoms with E-state index in [2.05, 4.69) is 32.4 Å². The number of benzene rings is 1. The summed E-state index contributed by atoms with van der Waals surface area (Å²) in [4.78, 5) is 47.8. The molecular formula is C22H27N5O3. The quantitative estimate of drug-likeness (QED) is 0.720. The molecule has 0 bridgehead atoms. The molecule has 0 saturated carbocycles. The van der Waals surface area contributed by atoms with E-state index in [0.717, 1.165) is 37.8 Å². The Morgan fingerprint density at radius 1 is 1.30 bits per heavy atom. The first-order valence-electron chi connectivity index (χ1n) is 10.5. The van der Waals surface area contributed by atoms with Gasteiger partial charge in [-0.3, -0.25) is 19.4 Å². The van der Waals surface area contributed by atoms with E-state index in [1.54, 1.807) is 6.07 Å². The van der Waals surface area contributed by atoms with Crippen molar-refractivity contribution in [2.24, 2.45) is 0 Å². The minimum atomic E-state index is -0.886. The highest BCUT2D eigenvalue weighted by Crippen LogP contribution is 2.31. The van der Waals surface area contributed by atoms with Gasteiger partial charge in [-0.1, -0.05) is 19.1 Å². The van der Waals surface area contributed by atoms with Crippen molar-refractivity contribution in [2.45, 2.75) is 57.9 Å². The second kappa shape index (κ2) is 8.30. The van der Waals surface area contributed by atoms with Gasteiger partial charge in [-0.05, 0) is 50.3 Å². The lowest BCUT2D eigenvalue weighted by molar-refractivity contribution is -0.123. The van der Waals surface area contributed by atoms with Gasteiger partial charge < -0.3 is 15.5 Å². The third kappa shape index (κ3) is 3.94. The summed E-state index contributed by atoms with van der Waals surface area (Å²) >= 11 is 0. The van der Waals surface area contributed by atoms with Gasteiger partial charge in [0.2, 0.25) is 17.8 Å². The Hall–Kier alpha value is -3.16. The number of carbonyl (C=O) groups is 2. The van der Waals surface area contributed by atoms with Gasteiger partial charge in [0.05, 0.1) is 11.5 Å². The van der Waals surface area contributed by atoms with Crippen molar-refractivity contribution in [1.82, 2.24) is 9.97 Å². The average molecular weight is 409 g/mol. The van der Waals surface area contributed by atoms with Gasteiger partial charge in [-0.15, -0.1) is 0 Å². The van der Waals surface area contributed by atoms with Gasteiger partial charge >= 0.3 is 0 Å². The molecule has 0 radical (unpaired) electrons. The number of carbonyl (C=O) groups excluding carboxylic acids is 2. The second-order valence-corrected chi connectivity index (χ2v) is 8.07. The first-order chi connectivity index (χ1) is 14.5. The van der Waals surface area contributed by atoms with E-state index in [-0.39, 0.29) is 35.2 Å². The summed E-state index contributed by atoms with van der Waals surface area (Å²) in [5, 5.41) is 5.52. The monoisotopic (exact) mass is 409 g/mol. The molecule has 1 aromatic carbocycles. The molecule has 2 amide bonds. The summed E-state index contributed by atoms with van der Waals surface area (Å²) in [5.74, 6) is -0.939. The molecule has 8 heteroatoms. The van der Waals surface area contributed by atoms with Crippen molar-refractivity contribution in [1.29, 1.82) is 0 Å². The molecule has 158 valence electrons. The fourth-order valence-electron chi connectivity index (χ4n) is 4.38. The summed E-state index contributed by atoms with van der Waals surface area (Å²) in [6.45, 7) is 4.86. The van der Waals surface area contributed by atoms with Crippen molar-refractivity contribution in [3.63, 3.8) is 0 Å². The average Bonchev–Trinajstić information content (AvgIpc) is 2.72. The zero-order valence-electron chi connectivity index (χ0n) is 17.3. The van der Waals surface area contributed by atoms with Crippen LogP contribution in [0.5, 0.6) is 0 Å². The van der Waals surface area contributed by atoms with Crippen LogP contribution in [-0.2, 0) is 9.59 Å². The van der Waals surface area contributed by atoms with Crippen LogP contribution in [0.4, 0.5) is 17.5 Å². The van der Waals surface area contributed by atoms with E-state index in [1.807, 2.05) is 25.1 Å². The molecule has 2 aliphatic rings. The predicted molar refractivity (Wildman–Crippen MR) is 116 cm³/mol. The first kappa shape index (κ1) is 20.1. The zero-order valence-corrected chi connectivity index (χ0v) is 17.3. The lowest BCUT2D eigenvalue weighted by Gasteiger charge is -2.36. The third-order valence-corrected chi connectivity index (χ3v) is 5.91. The highest BCUT2D eigenvalue weighted by atomic mass is 16.2. The van der Waals surface area contributed by atoms with Crippen molar-refractivity contribution >= 4 is 29.3 Å². The number of H-pyrrole nitrogens is 1. The number of hydrogen-bond donors (Lipinski definition) is 3. The Balaban J connectivity index is 1.66. The molecule has 1 fully saturated rings. The molecule has 3 heterocycles. The van der Waals surface area contributed by atoms with Crippen LogP contribution in [0.2, 0.25) is 0 Å². The maximum atomic E-state index is 13.0. The first-order valence-corrected chi connectivity index (χ1v) is 10.5. The summed E-state index contributed by atoms with van der Waals surface area (Å²) < 4.78 is 0. The number of hydrogen-bond acceptors (Lipinski definition) is 5. The Labute approximate surface area is 175 Å². The lowest BCUT2D eigenvalue weighted by Crippen LogP contribution is -2.43. The summed E-state index contributed by atoms with van der Waals surface area (Å²) in [6, 6.07) is 7.70. The van der Waals surface area contributed by atoms with Crippen LogP contribution >= 0.6 is 0 Å². The zero-order chi connectivity index (χ0) is 21.3. The predicted octanol–water partition coefficient (Wildman–Crippen LogP) is 2.91. The number of nitrogens with one attached hydrogen (secondary N) is 3. The Morgan fingerprint density at radius 2 is 2.13 bits per heavy atom. The van der Waals surface area contributed by atoms with Crippen LogP contribution < -0.4 is 21.1 Å². The van der Waals surface area contributed by atoms with E-state index in [1.165, 1.54) is 0 Å². The molecule has 2 aromatic rings. The van der Waals surface area contributed by atoms with Crippen molar-refractivity contribution in [2.75, 3.05) is 22.1 Å². The number of piperidine rings is 1. The Kier molecular flexibility index (Phi) is 5.57. The van der Waals surface area contributed by atoms with Gasteiger partial charge in [0, 0.05) is 24.7 Å². The maximum absolute atomic E-state index is 13.0. The van der Waals surface area contributed by atoms with E-state index >= 15 is 0 Å². The molecule has 0 unspecified atom stereocenters. The van der Waals surface area contributed by atoms with E-state index in [0.29, 0.717) is 17.7 Å². The fourth-order valence-corrected chi connectivity index (χ4v) is 4.38. The fraction of sp³-hybridized carbons (Fsp3) is 0.455. The number of nitrogens with zero attached hydrogens (tertiary/aromatic N) is 2. The van der Waals surface area contributed by atoms with Gasteiger partial charge in [-0.2, -0.15) is 4.98 Å². The van der Waals surface area contributed by atoms with Crippen LogP contribution in [0.3, 0.4) is 0 Å². The van der Waals surface area contributed by atoms with E-state index < -0.39 is 5.92 Å². The normalized spacial score (nSPS) is 21.0. The van der Waals surface area contributed by atoms with Gasteiger partial charge in [0.25, 0.3) is 5.56 Å². The SMILES string of the molecule is CC[C@@H]1CCCCN1c1nc2c(c(=O)[nH]1)[C@@H](C(=O)Nc1cccc(C)c1)CC(=O)N2. The van der Waals surface area contributed by atoms with Crippen molar-refractivity contribution in [3.8, 4) is 0 Å². The van der Waals surface area contributed by atoms with Crippen LogP contribution in [-0.4, -0.2) is 34.4 Å². The lowest BCUT2D eigenvalue weighted by atomic mass is 9.92. The Morgan fingerprint density at radius 3 is 2.90 bits per heavy atom. The molecule has 4 rings (SSSR count). The maximum Gasteiger partial charge on any atom is 0.258 e. The highest BCUT2D eigenvalue weighted by Gasteiger charge is 2.35. The highest BCUT2D eigenvalue weighted by molar-refractivity contribution is 6.04. The summed E-state index contributed by atoms with van der Waals surface area (Å²) in [7, 11) is 0. The molecular weight excluding hydrogens is 382 g/mol. The molecule has 8 nitrogen and oxygen atoms in total. The molecule has 0 aliphatic carbocycles. The van der Waals surface area contributed by atoms with Gasteiger partial charge in [0.15, 0.2) is 0 Å². The van der Waals surface area contributed by atoms with Crippen molar-refractivity contribution < 1.29 is 9.59 Å². The summed E-state index contributed by atoms with van der Waals surface area (Å²) in [6.07, 6.45) is 4.10. The molecule has 1 aromatic heterocycles. The second-order valence-electron chi connectivity index (χ2n) is 8.07. The number of rotatable bonds is 4. The van der Waals surface area contributed by atoms with Gasteiger partial charge in [0.1, 0.15) is 5.82 Å². The van der Waals surface area contributed by atoms with Crippen LogP contribution in [0.1, 0.15) is 56.1 Å².